The molecule has 3 unspecified atom stereocenters. The van der Waals surface area contributed by atoms with Crippen molar-refractivity contribution in [2.75, 3.05) is 6.61 Å². The molecule has 0 bridgehead atoms. The monoisotopic (exact) mass is 642 g/mol. The lowest BCUT2D eigenvalue weighted by molar-refractivity contribution is -0.200. The standard InChI is InChI=1S/C25H22ClF3N6O7S/c1-10(36)39-9-19-23(40-11(2)37)22(32-8-18(33-31)13-4-15(27)21(29)16(28)5-13)24(41-12(3)38)25(42-19)43-20-6-14(26)17(7-30)34-35-20/h4-6,8,19,22-25H,9,31H2,1-3H3/t19?,22?,23-,24?,25+/m0/s1. The van der Waals surface area contributed by atoms with Crippen LogP contribution in [0.1, 0.15) is 32.0 Å². The van der Waals surface area contributed by atoms with E-state index in [2.05, 4.69) is 20.3 Å². The van der Waals surface area contributed by atoms with Crippen LogP contribution in [0, 0.1) is 28.8 Å². The molecule has 0 amide bonds. The van der Waals surface area contributed by atoms with Gasteiger partial charge in [-0.3, -0.25) is 19.4 Å². The SMILES string of the molecule is CC(=O)OCC1O[C@H](Sc2cc(Cl)c(C#N)nn2)C(OC(C)=O)C(N=CC(=NN)c2cc(F)c(F)c(F)c2)[C@H]1OC(C)=O. The van der Waals surface area contributed by atoms with Crippen LogP contribution >= 0.6 is 23.4 Å². The van der Waals surface area contributed by atoms with E-state index in [1.165, 1.54) is 6.07 Å². The number of aromatic nitrogens is 2. The molecule has 1 aliphatic heterocycles. The van der Waals surface area contributed by atoms with Gasteiger partial charge in [0, 0.05) is 26.3 Å². The van der Waals surface area contributed by atoms with Gasteiger partial charge in [0.25, 0.3) is 0 Å². The van der Waals surface area contributed by atoms with E-state index < -0.39 is 71.8 Å². The van der Waals surface area contributed by atoms with E-state index in [-0.39, 0.29) is 27.0 Å². The summed E-state index contributed by atoms with van der Waals surface area (Å²) in [4.78, 5) is 40.2. The fraction of sp³-hybridized carbons (Fsp3) is 0.360. The third kappa shape index (κ3) is 8.63. The first-order valence-corrected chi connectivity index (χ1v) is 13.3. The normalized spacial score (nSPS) is 22.1. The molecule has 0 aliphatic carbocycles. The van der Waals surface area contributed by atoms with Gasteiger partial charge < -0.3 is 24.8 Å². The smallest absolute Gasteiger partial charge is 0.303 e. The molecular weight excluding hydrogens is 621 g/mol. The number of carbonyl (C=O) groups excluding carboxylic acids is 3. The summed E-state index contributed by atoms with van der Waals surface area (Å²) in [5.74, 6) is -1.66. The minimum Gasteiger partial charge on any atom is -0.463 e. The van der Waals surface area contributed by atoms with E-state index in [9.17, 15) is 27.6 Å². The van der Waals surface area contributed by atoms with Crippen molar-refractivity contribution in [1.82, 2.24) is 10.2 Å². The van der Waals surface area contributed by atoms with E-state index in [0.29, 0.717) is 12.1 Å². The van der Waals surface area contributed by atoms with Gasteiger partial charge in [0.15, 0.2) is 35.4 Å². The number of hydrogen-bond donors (Lipinski definition) is 1. The summed E-state index contributed by atoms with van der Waals surface area (Å²) in [6.45, 7) is 2.85. The quantitative estimate of drug-likeness (QED) is 0.105. The van der Waals surface area contributed by atoms with Crippen LogP contribution in [0.2, 0.25) is 5.02 Å². The van der Waals surface area contributed by atoms with Crippen molar-refractivity contribution in [1.29, 1.82) is 5.26 Å². The molecule has 2 aromatic rings. The van der Waals surface area contributed by atoms with Gasteiger partial charge in [0.1, 0.15) is 41.0 Å². The lowest BCUT2D eigenvalue weighted by atomic mass is 9.97. The topological polar surface area (TPSA) is 188 Å². The highest BCUT2D eigenvalue weighted by atomic mass is 35.5. The molecule has 228 valence electrons. The van der Waals surface area contributed by atoms with Crippen molar-refractivity contribution >= 4 is 53.2 Å². The number of thioether (sulfide) groups is 1. The summed E-state index contributed by atoms with van der Waals surface area (Å²) in [6, 6.07) is 2.98. The first-order chi connectivity index (χ1) is 20.3. The molecule has 1 fully saturated rings. The number of aliphatic imine (C=N–C) groups is 1. The van der Waals surface area contributed by atoms with E-state index in [1.54, 1.807) is 6.07 Å². The van der Waals surface area contributed by atoms with Crippen molar-refractivity contribution in [2.45, 2.75) is 55.6 Å². The molecular formula is C25H22ClF3N6O7S. The van der Waals surface area contributed by atoms with Gasteiger partial charge in [-0.1, -0.05) is 23.4 Å². The Balaban J connectivity index is 2.11. The molecule has 1 saturated heterocycles. The molecule has 0 spiro atoms. The molecule has 1 aromatic carbocycles. The molecule has 0 saturated carbocycles. The largest absolute Gasteiger partial charge is 0.463 e. The Hall–Kier alpha value is -4.27. The van der Waals surface area contributed by atoms with E-state index in [1.807, 2.05) is 0 Å². The second-order valence-electron chi connectivity index (χ2n) is 8.64. The van der Waals surface area contributed by atoms with Gasteiger partial charge in [-0.25, -0.2) is 13.2 Å². The number of ether oxygens (including phenoxy) is 4. The lowest BCUT2D eigenvalue weighted by Crippen LogP contribution is -2.59. The predicted octanol–water partition coefficient (Wildman–Crippen LogP) is 2.46. The average Bonchev–Trinajstić information content (AvgIpc) is 2.93. The minimum atomic E-state index is -1.72. The van der Waals surface area contributed by atoms with Crippen molar-refractivity contribution in [3.8, 4) is 6.07 Å². The number of benzene rings is 1. The number of nitrogens with zero attached hydrogens (tertiary/aromatic N) is 5. The highest BCUT2D eigenvalue weighted by molar-refractivity contribution is 7.99. The Labute approximate surface area is 251 Å². The fourth-order valence-corrected chi connectivity index (χ4v) is 5.10. The van der Waals surface area contributed by atoms with Crippen LogP contribution in [0.25, 0.3) is 0 Å². The molecule has 18 heteroatoms. The Morgan fingerprint density at radius 1 is 1.09 bits per heavy atom. The summed E-state index contributed by atoms with van der Waals surface area (Å²) in [7, 11) is 0. The number of nitriles is 1. The minimum absolute atomic E-state index is 0.0359. The molecule has 13 nitrogen and oxygen atoms in total. The van der Waals surface area contributed by atoms with Gasteiger partial charge >= 0.3 is 17.9 Å². The van der Waals surface area contributed by atoms with E-state index in [4.69, 9.17) is 41.7 Å². The number of esters is 3. The summed E-state index contributed by atoms with van der Waals surface area (Å²) in [6.07, 6.45) is -3.00. The van der Waals surface area contributed by atoms with Crippen molar-refractivity contribution in [2.24, 2.45) is 15.9 Å². The first-order valence-electron chi connectivity index (χ1n) is 12.0. The molecule has 3 rings (SSSR count). The lowest BCUT2D eigenvalue weighted by Gasteiger charge is -2.43. The Morgan fingerprint density at radius 3 is 2.26 bits per heavy atom. The average molecular weight is 643 g/mol. The van der Waals surface area contributed by atoms with Crippen LogP contribution in [0.4, 0.5) is 13.2 Å². The van der Waals surface area contributed by atoms with Gasteiger partial charge in [-0.15, -0.1) is 10.2 Å². The molecule has 0 radical (unpaired) electrons. The van der Waals surface area contributed by atoms with Crippen molar-refractivity contribution in [3.05, 3.63) is 51.9 Å². The van der Waals surface area contributed by atoms with Crippen LogP contribution in [-0.2, 0) is 33.3 Å². The van der Waals surface area contributed by atoms with Crippen molar-refractivity contribution < 1.29 is 46.5 Å². The Bertz CT molecular complexity index is 1490. The van der Waals surface area contributed by atoms with Crippen LogP contribution in [-0.4, -0.2) is 76.4 Å². The van der Waals surface area contributed by atoms with Crippen molar-refractivity contribution in [3.63, 3.8) is 0 Å². The Kier molecular flexibility index (Phi) is 11.4. The Morgan fingerprint density at radius 2 is 1.72 bits per heavy atom. The van der Waals surface area contributed by atoms with Gasteiger partial charge in [-0.2, -0.15) is 10.4 Å². The molecule has 2 heterocycles. The van der Waals surface area contributed by atoms with E-state index >= 15 is 0 Å². The third-order valence-corrected chi connectivity index (χ3v) is 6.87. The third-order valence-electron chi connectivity index (χ3n) is 5.53. The number of hydrazone groups is 1. The second-order valence-corrected chi connectivity index (χ2v) is 10.2. The fourth-order valence-electron chi connectivity index (χ4n) is 3.79. The highest BCUT2D eigenvalue weighted by Gasteiger charge is 2.50. The zero-order valence-corrected chi connectivity index (χ0v) is 24.1. The molecule has 43 heavy (non-hydrogen) atoms. The number of nitrogens with two attached hydrogens (primary N) is 1. The summed E-state index contributed by atoms with van der Waals surface area (Å²) in [5.41, 5.74) is -1.99. The maximum absolute atomic E-state index is 13.9. The van der Waals surface area contributed by atoms with Crippen LogP contribution in [0.3, 0.4) is 0 Å². The maximum Gasteiger partial charge on any atom is 0.303 e. The van der Waals surface area contributed by atoms with Gasteiger partial charge in [-0.05, 0) is 18.2 Å². The van der Waals surface area contributed by atoms with Gasteiger partial charge in [0.2, 0.25) is 0 Å². The van der Waals surface area contributed by atoms with Crippen LogP contribution < -0.4 is 5.84 Å². The summed E-state index contributed by atoms with van der Waals surface area (Å²) >= 11 is 6.91. The maximum atomic E-state index is 13.9. The molecule has 1 aliphatic rings. The first kappa shape index (κ1) is 33.2. The number of halogens is 4. The molecule has 1 aromatic heterocycles. The van der Waals surface area contributed by atoms with Gasteiger partial charge in [0.05, 0.1) is 11.2 Å². The summed E-state index contributed by atoms with van der Waals surface area (Å²) < 4.78 is 63.4. The summed E-state index contributed by atoms with van der Waals surface area (Å²) in [5, 5.41) is 20.2. The second kappa shape index (κ2) is 14.8. The van der Waals surface area contributed by atoms with E-state index in [0.717, 1.165) is 38.7 Å². The highest BCUT2D eigenvalue weighted by Crippen LogP contribution is 2.37. The number of rotatable bonds is 9. The number of carbonyl (C=O) groups is 3. The predicted molar refractivity (Wildman–Crippen MR) is 143 cm³/mol. The zero-order valence-electron chi connectivity index (χ0n) is 22.5. The molecule has 5 atom stereocenters. The molecule has 2 N–H and O–H groups in total. The van der Waals surface area contributed by atoms with Crippen LogP contribution in [0.15, 0.2) is 33.3 Å². The number of hydrogen-bond acceptors (Lipinski definition) is 14. The van der Waals surface area contributed by atoms with Crippen LogP contribution in [0.5, 0.6) is 0 Å². The zero-order chi connectivity index (χ0) is 31.8.